The van der Waals surface area contributed by atoms with Crippen LogP contribution in [0.3, 0.4) is 0 Å². The van der Waals surface area contributed by atoms with Gasteiger partial charge in [-0.3, -0.25) is 0 Å². The Balaban J connectivity index is 2.27. The van der Waals surface area contributed by atoms with Crippen molar-refractivity contribution < 1.29 is 8.42 Å². The second-order valence-electron chi connectivity index (χ2n) is 3.59. The van der Waals surface area contributed by atoms with E-state index in [9.17, 15) is 8.42 Å². The van der Waals surface area contributed by atoms with Crippen LogP contribution in [0.1, 0.15) is 0 Å². The summed E-state index contributed by atoms with van der Waals surface area (Å²) in [6.07, 6.45) is 0. The molecule has 6 heteroatoms. The van der Waals surface area contributed by atoms with Crippen LogP contribution < -0.4 is 5.73 Å². The van der Waals surface area contributed by atoms with Crippen molar-refractivity contribution in [3.05, 3.63) is 24.3 Å². The Morgan fingerprint density at radius 2 is 1.69 bits per heavy atom. The maximum Gasteiger partial charge on any atom is 0.243 e. The third kappa shape index (κ3) is 2.34. The molecule has 16 heavy (non-hydrogen) atoms. The zero-order valence-corrected chi connectivity index (χ0v) is 10.4. The monoisotopic (exact) mass is 258 g/mol. The van der Waals surface area contributed by atoms with Gasteiger partial charge in [0, 0.05) is 30.3 Å². The lowest BCUT2D eigenvalue weighted by Gasteiger charge is -2.25. The van der Waals surface area contributed by atoms with Gasteiger partial charge in [0.1, 0.15) is 0 Å². The minimum Gasteiger partial charge on any atom is -0.399 e. The van der Waals surface area contributed by atoms with E-state index in [1.807, 2.05) is 0 Å². The summed E-state index contributed by atoms with van der Waals surface area (Å²) in [7, 11) is -3.31. The molecule has 0 amide bonds. The van der Waals surface area contributed by atoms with Gasteiger partial charge in [0.15, 0.2) is 0 Å². The van der Waals surface area contributed by atoms with Crippen LogP contribution in [0.4, 0.5) is 5.69 Å². The average molecular weight is 258 g/mol. The Hall–Kier alpha value is -0.720. The summed E-state index contributed by atoms with van der Waals surface area (Å²) in [6.45, 7) is 1.19. The summed E-state index contributed by atoms with van der Waals surface area (Å²) in [5, 5.41) is 0. The Morgan fingerprint density at radius 3 is 2.25 bits per heavy atom. The first-order valence-electron chi connectivity index (χ1n) is 5.04. The van der Waals surface area contributed by atoms with Gasteiger partial charge in [-0.1, -0.05) is 0 Å². The molecule has 0 aromatic heterocycles. The zero-order valence-electron chi connectivity index (χ0n) is 8.80. The highest BCUT2D eigenvalue weighted by molar-refractivity contribution is 7.99. The SMILES string of the molecule is Nc1ccc(S(=O)(=O)N2CCSCC2)cc1. The van der Waals surface area contributed by atoms with Gasteiger partial charge in [0.2, 0.25) is 10.0 Å². The molecule has 0 atom stereocenters. The van der Waals surface area contributed by atoms with Gasteiger partial charge in [-0.15, -0.1) is 0 Å². The first kappa shape index (κ1) is 11.8. The lowest BCUT2D eigenvalue weighted by atomic mass is 10.3. The fourth-order valence-corrected chi connectivity index (χ4v) is 4.15. The van der Waals surface area contributed by atoms with Gasteiger partial charge in [0.25, 0.3) is 0 Å². The molecule has 0 radical (unpaired) electrons. The minimum atomic E-state index is -3.31. The van der Waals surface area contributed by atoms with Crippen LogP contribution >= 0.6 is 11.8 Å². The predicted octanol–water partition coefficient (Wildman–Crippen LogP) is 1.01. The molecule has 0 bridgehead atoms. The van der Waals surface area contributed by atoms with E-state index in [0.717, 1.165) is 11.5 Å². The summed E-state index contributed by atoms with van der Waals surface area (Å²) in [5.41, 5.74) is 6.11. The Kier molecular flexibility index (Phi) is 3.41. The van der Waals surface area contributed by atoms with Crippen LogP contribution in [0.2, 0.25) is 0 Å². The average Bonchev–Trinajstić information content (AvgIpc) is 2.31. The van der Waals surface area contributed by atoms with Crippen LogP contribution in [-0.4, -0.2) is 37.3 Å². The molecule has 0 unspecified atom stereocenters. The molecule has 0 aliphatic carbocycles. The van der Waals surface area contributed by atoms with Crippen LogP contribution in [0.15, 0.2) is 29.2 Å². The van der Waals surface area contributed by atoms with E-state index in [4.69, 9.17) is 5.73 Å². The van der Waals surface area contributed by atoms with E-state index >= 15 is 0 Å². The number of anilines is 1. The number of hydrogen-bond donors (Lipinski definition) is 1. The summed E-state index contributed by atoms with van der Waals surface area (Å²) >= 11 is 1.79. The second-order valence-corrected chi connectivity index (χ2v) is 6.75. The topological polar surface area (TPSA) is 63.4 Å². The smallest absolute Gasteiger partial charge is 0.243 e. The quantitative estimate of drug-likeness (QED) is 0.804. The molecule has 0 saturated carbocycles. The van der Waals surface area contributed by atoms with Crippen molar-refractivity contribution in [1.82, 2.24) is 4.31 Å². The van der Waals surface area contributed by atoms with E-state index in [-0.39, 0.29) is 0 Å². The molecule has 1 fully saturated rings. The highest BCUT2D eigenvalue weighted by atomic mass is 32.2. The molecular weight excluding hydrogens is 244 g/mol. The lowest BCUT2D eigenvalue weighted by molar-refractivity contribution is 0.443. The standard InChI is InChI=1S/C10H14N2O2S2/c11-9-1-3-10(4-2-9)16(13,14)12-5-7-15-8-6-12/h1-4H,5-8,11H2. The van der Waals surface area contributed by atoms with Crippen molar-refractivity contribution in [2.45, 2.75) is 4.90 Å². The van der Waals surface area contributed by atoms with Gasteiger partial charge in [0.05, 0.1) is 4.90 Å². The van der Waals surface area contributed by atoms with Crippen LogP contribution in [0.5, 0.6) is 0 Å². The first-order chi connectivity index (χ1) is 7.60. The molecule has 1 aliphatic rings. The molecule has 1 aliphatic heterocycles. The summed E-state index contributed by atoms with van der Waals surface area (Å²) < 4.78 is 25.9. The maximum absolute atomic E-state index is 12.2. The molecule has 88 valence electrons. The number of benzene rings is 1. The number of rotatable bonds is 2. The second kappa shape index (κ2) is 4.65. The van der Waals surface area contributed by atoms with Crippen LogP contribution in [-0.2, 0) is 10.0 Å². The maximum atomic E-state index is 12.2. The van der Waals surface area contributed by atoms with Crippen LogP contribution in [0, 0.1) is 0 Å². The van der Waals surface area contributed by atoms with Crippen molar-refractivity contribution in [2.24, 2.45) is 0 Å². The van der Waals surface area contributed by atoms with Crippen molar-refractivity contribution in [1.29, 1.82) is 0 Å². The number of hydrogen-bond acceptors (Lipinski definition) is 4. The molecule has 1 aromatic rings. The molecule has 2 N–H and O–H groups in total. The van der Waals surface area contributed by atoms with E-state index in [0.29, 0.717) is 23.7 Å². The normalized spacial score (nSPS) is 18.5. The summed E-state index contributed by atoms with van der Waals surface area (Å²) in [6, 6.07) is 6.36. The summed E-state index contributed by atoms with van der Waals surface area (Å²) in [5.74, 6) is 1.74. The fraction of sp³-hybridized carbons (Fsp3) is 0.400. The molecule has 1 saturated heterocycles. The van der Waals surface area contributed by atoms with Crippen molar-refractivity contribution in [3.63, 3.8) is 0 Å². The molecular formula is C10H14N2O2S2. The van der Waals surface area contributed by atoms with E-state index in [1.54, 1.807) is 36.0 Å². The van der Waals surface area contributed by atoms with Gasteiger partial charge >= 0.3 is 0 Å². The number of sulfonamides is 1. The van der Waals surface area contributed by atoms with Gasteiger partial charge in [-0.2, -0.15) is 16.1 Å². The lowest BCUT2D eigenvalue weighted by Crippen LogP contribution is -2.37. The molecule has 4 nitrogen and oxygen atoms in total. The minimum absolute atomic E-state index is 0.327. The summed E-state index contributed by atoms with van der Waals surface area (Å²) in [4.78, 5) is 0.327. The molecule has 2 rings (SSSR count). The zero-order chi connectivity index (χ0) is 11.6. The predicted molar refractivity (Wildman–Crippen MR) is 66.9 cm³/mol. The third-order valence-corrected chi connectivity index (χ3v) is 5.34. The molecule has 0 spiro atoms. The Labute approximate surface area is 99.9 Å². The molecule has 1 heterocycles. The Morgan fingerprint density at radius 1 is 1.12 bits per heavy atom. The van der Waals surface area contributed by atoms with Crippen LogP contribution in [0.25, 0.3) is 0 Å². The first-order valence-corrected chi connectivity index (χ1v) is 7.63. The van der Waals surface area contributed by atoms with Gasteiger partial charge in [-0.25, -0.2) is 8.42 Å². The van der Waals surface area contributed by atoms with E-state index < -0.39 is 10.0 Å². The van der Waals surface area contributed by atoms with Gasteiger partial charge < -0.3 is 5.73 Å². The van der Waals surface area contributed by atoms with Crippen molar-refractivity contribution >= 4 is 27.5 Å². The van der Waals surface area contributed by atoms with Gasteiger partial charge in [-0.05, 0) is 24.3 Å². The van der Waals surface area contributed by atoms with Crippen molar-refractivity contribution in [2.75, 3.05) is 30.3 Å². The highest BCUT2D eigenvalue weighted by Gasteiger charge is 2.25. The van der Waals surface area contributed by atoms with E-state index in [1.165, 1.54) is 4.31 Å². The van der Waals surface area contributed by atoms with E-state index in [2.05, 4.69) is 0 Å². The van der Waals surface area contributed by atoms with Crippen molar-refractivity contribution in [3.8, 4) is 0 Å². The number of nitrogens with two attached hydrogens (primary N) is 1. The number of nitrogens with zero attached hydrogens (tertiary/aromatic N) is 1. The fourth-order valence-electron chi connectivity index (χ4n) is 1.58. The largest absolute Gasteiger partial charge is 0.399 e. The highest BCUT2D eigenvalue weighted by Crippen LogP contribution is 2.20. The number of thioether (sulfide) groups is 1. The Bertz CT molecular complexity index is 450. The number of nitrogen functional groups attached to an aromatic ring is 1. The third-order valence-electron chi connectivity index (χ3n) is 2.49. The molecule has 1 aromatic carbocycles.